The lowest BCUT2D eigenvalue weighted by Crippen LogP contribution is -2.39. The van der Waals surface area contributed by atoms with Gasteiger partial charge in [-0.3, -0.25) is 4.79 Å². The van der Waals surface area contributed by atoms with Gasteiger partial charge in [-0.05, 0) is 12.1 Å². The zero-order valence-corrected chi connectivity index (χ0v) is 8.98. The second kappa shape index (κ2) is 5.21. The van der Waals surface area contributed by atoms with Gasteiger partial charge in [0.15, 0.2) is 12.0 Å². The van der Waals surface area contributed by atoms with Crippen LogP contribution in [0, 0.1) is 0 Å². The molecule has 16 heavy (non-hydrogen) atoms. The second-order valence-corrected chi connectivity index (χ2v) is 4.60. The number of hydrogen-bond donors (Lipinski definition) is 3. The molecule has 0 atom stereocenters. The van der Waals surface area contributed by atoms with Gasteiger partial charge in [0.25, 0.3) is 10.0 Å². The molecular weight excluding hydrogens is 238 g/mol. The molecule has 90 valence electrons. The van der Waals surface area contributed by atoms with Gasteiger partial charge in [0.2, 0.25) is 5.09 Å². The number of nitrogens with one attached hydrogen (secondary N) is 1. The van der Waals surface area contributed by atoms with Crippen LogP contribution in [0.15, 0.2) is 21.6 Å². The van der Waals surface area contributed by atoms with Gasteiger partial charge < -0.3 is 14.6 Å². The quantitative estimate of drug-likeness (QED) is 0.541. The maximum atomic E-state index is 11.5. The predicted molar refractivity (Wildman–Crippen MR) is 52.4 cm³/mol. The topological polar surface area (TPSA) is 117 Å². The second-order valence-electron chi connectivity index (χ2n) is 2.96. The molecule has 1 aromatic heterocycles. The minimum absolute atomic E-state index is 0.120. The number of rotatable bonds is 6. The third kappa shape index (κ3) is 2.89. The van der Waals surface area contributed by atoms with Crippen LogP contribution in [-0.2, 0) is 10.0 Å². The standard InChI is InChI=1S/C8H11NO6S/c10-3-6(4-11)9-16(13,14)8-2-1-7(5-12)15-8/h1-2,5-6,9-11H,3-4H2. The maximum Gasteiger partial charge on any atom is 0.274 e. The predicted octanol–water partition coefficient (Wildman–Crippen LogP) is -1.28. The summed E-state index contributed by atoms with van der Waals surface area (Å²) in [4.78, 5) is 10.3. The summed E-state index contributed by atoms with van der Waals surface area (Å²) in [6.07, 6.45) is 0.370. The van der Waals surface area contributed by atoms with Crippen molar-refractivity contribution >= 4 is 16.3 Å². The molecule has 0 aromatic carbocycles. The average Bonchev–Trinajstić information content (AvgIpc) is 2.75. The van der Waals surface area contributed by atoms with Crippen LogP contribution >= 0.6 is 0 Å². The van der Waals surface area contributed by atoms with E-state index in [0.717, 1.165) is 6.07 Å². The van der Waals surface area contributed by atoms with Crippen molar-refractivity contribution < 1.29 is 27.8 Å². The summed E-state index contributed by atoms with van der Waals surface area (Å²) in [6, 6.07) is 1.31. The largest absolute Gasteiger partial charge is 0.440 e. The lowest BCUT2D eigenvalue weighted by molar-refractivity contribution is 0.109. The molecule has 0 saturated heterocycles. The highest BCUT2D eigenvalue weighted by molar-refractivity contribution is 7.89. The molecule has 0 aliphatic carbocycles. The molecule has 0 saturated carbocycles. The summed E-state index contributed by atoms with van der Waals surface area (Å²) in [5.74, 6) is -0.120. The van der Waals surface area contributed by atoms with Gasteiger partial charge in [-0.1, -0.05) is 0 Å². The number of sulfonamides is 1. The van der Waals surface area contributed by atoms with E-state index in [2.05, 4.69) is 0 Å². The van der Waals surface area contributed by atoms with Crippen molar-refractivity contribution in [2.75, 3.05) is 13.2 Å². The van der Waals surface area contributed by atoms with Gasteiger partial charge >= 0.3 is 0 Å². The third-order valence-electron chi connectivity index (χ3n) is 1.75. The summed E-state index contributed by atoms with van der Waals surface area (Å²) in [5.41, 5.74) is 0. The minimum Gasteiger partial charge on any atom is -0.440 e. The van der Waals surface area contributed by atoms with Crippen molar-refractivity contribution in [2.24, 2.45) is 0 Å². The van der Waals surface area contributed by atoms with Crippen LogP contribution in [0.25, 0.3) is 0 Å². The number of aldehydes is 1. The number of aliphatic hydroxyl groups is 2. The zero-order valence-electron chi connectivity index (χ0n) is 8.16. The molecule has 0 aliphatic rings. The highest BCUT2D eigenvalue weighted by atomic mass is 32.2. The van der Waals surface area contributed by atoms with E-state index < -0.39 is 34.4 Å². The van der Waals surface area contributed by atoms with Crippen molar-refractivity contribution in [1.82, 2.24) is 4.72 Å². The van der Waals surface area contributed by atoms with Crippen molar-refractivity contribution in [2.45, 2.75) is 11.1 Å². The first-order valence-electron chi connectivity index (χ1n) is 4.32. The normalized spacial score (nSPS) is 11.9. The lowest BCUT2D eigenvalue weighted by Gasteiger charge is -2.11. The van der Waals surface area contributed by atoms with Crippen molar-refractivity contribution in [3.05, 3.63) is 17.9 Å². The Hall–Kier alpha value is -1.22. The first kappa shape index (κ1) is 12.8. The number of furan rings is 1. The summed E-state index contributed by atoms with van der Waals surface area (Å²) in [5, 5.41) is 17.0. The smallest absolute Gasteiger partial charge is 0.274 e. The summed E-state index contributed by atoms with van der Waals surface area (Å²) >= 11 is 0. The maximum absolute atomic E-state index is 11.5. The number of aliphatic hydroxyl groups excluding tert-OH is 2. The average molecular weight is 249 g/mol. The first-order chi connectivity index (χ1) is 7.53. The van der Waals surface area contributed by atoms with E-state index in [9.17, 15) is 13.2 Å². The van der Waals surface area contributed by atoms with Crippen molar-refractivity contribution in [3.63, 3.8) is 0 Å². The highest BCUT2D eigenvalue weighted by Crippen LogP contribution is 2.12. The molecule has 0 unspecified atom stereocenters. The fraction of sp³-hybridized carbons (Fsp3) is 0.375. The number of carbonyl (C=O) groups is 1. The molecule has 0 fully saturated rings. The fourth-order valence-electron chi connectivity index (χ4n) is 0.952. The molecule has 0 spiro atoms. The van der Waals surface area contributed by atoms with E-state index in [0.29, 0.717) is 6.29 Å². The van der Waals surface area contributed by atoms with Crippen LogP contribution in [0.2, 0.25) is 0 Å². The van der Waals surface area contributed by atoms with Gasteiger partial charge in [0.05, 0.1) is 19.3 Å². The van der Waals surface area contributed by atoms with Gasteiger partial charge in [0.1, 0.15) is 0 Å². The van der Waals surface area contributed by atoms with Crippen LogP contribution in [-0.4, -0.2) is 44.2 Å². The summed E-state index contributed by atoms with van der Waals surface area (Å²) < 4.78 is 29.8. The van der Waals surface area contributed by atoms with E-state index in [1.54, 1.807) is 0 Å². The summed E-state index contributed by atoms with van der Waals surface area (Å²) in [7, 11) is -3.97. The Bertz CT molecular complexity index is 447. The Morgan fingerprint density at radius 1 is 1.38 bits per heavy atom. The van der Waals surface area contributed by atoms with Crippen LogP contribution in [0.5, 0.6) is 0 Å². The van der Waals surface area contributed by atoms with E-state index in [4.69, 9.17) is 14.6 Å². The fourth-order valence-corrected chi connectivity index (χ4v) is 2.11. The van der Waals surface area contributed by atoms with Crippen LogP contribution in [0.4, 0.5) is 0 Å². The molecule has 0 aliphatic heterocycles. The Morgan fingerprint density at radius 3 is 2.44 bits per heavy atom. The molecule has 0 bridgehead atoms. The molecular formula is C8H11NO6S. The molecule has 0 amide bonds. The Kier molecular flexibility index (Phi) is 4.19. The zero-order chi connectivity index (χ0) is 12.2. The van der Waals surface area contributed by atoms with Crippen molar-refractivity contribution in [3.8, 4) is 0 Å². The van der Waals surface area contributed by atoms with Gasteiger partial charge in [0, 0.05) is 0 Å². The molecule has 8 heteroatoms. The molecule has 1 aromatic rings. The minimum atomic E-state index is -3.97. The molecule has 1 heterocycles. The first-order valence-corrected chi connectivity index (χ1v) is 5.81. The number of hydrogen-bond acceptors (Lipinski definition) is 6. The van der Waals surface area contributed by atoms with Crippen LogP contribution in [0.1, 0.15) is 10.6 Å². The van der Waals surface area contributed by atoms with E-state index >= 15 is 0 Å². The summed E-state index contributed by atoms with van der Waals surface area (Å²) in [6.45, 7) is -1.09. The SMILES string of the molecule is O=Cc1ccc(S(=O)(=O)NC(CO)CO)o1. The Morgan fingerprint density at radius 2 is 2.00 bits per heavy atom. The van der Waals surface area contributed by atoms with Gasteiger partial charge in [-0.25, -0.2) is 13.1 Å². The third-order valence-corrected chi connectivity index (χ3v) is 3.14. The van der Waals surface area contributed by atoms with E-state index in [1.165, 1.54) is 6.07 Å². The molecule has 1 rings (SSSR count). The molecule has 3 N–H and O–H groups in total. The number of carbonyl (C=O) groups excluding carboxylic acids is 1. The van der Waals surface area contributed by atoms with E-state index in [1.807, 2.05) is 4.72 Å². The van der Waals surface area contributed by atoms with Gasteiger partial charge in [-0.2, -0.15) is 0 Å². The monoisotopic (exact) mass is 249 g/mol. The highest BCUT2D eigenvalue weighted by Gasteiger charge is 2.22. The lowest BCUT2D eigenvalue weighted by atomic mass is 10.4. The van der Waals surface area contributed by atoms with Crippen molar-refractivity contribution in [1.29, 1.82) is 0 Å². The van der Waals surface area contributed by atoms with E-state index in [-0.39, 0.29) is 5.76 Å². The van der Waals surface area contributed by atoms with Crippen LogP contribution < -0.4 is 4.72 Å². The van der Waals surface area contributed by atoms with Crippen LogP contribution in [0.3, 0.4) is 0 Å². The molecule has 7 nitrogen and oxygen atoms in total. The molecule has 0 radical (unpaired) electrons. The Labute approximate surface area is 91.7 Å². The Balaban J connectivity index is 2.89. The van der Waals surface area contributed by atoms with Gasteiger partial charge in [-0.15, -0.1) is 0 Å².